The van der Waals surface area contributed by atoms with Crippen LogP contribution in [0.25, 0.3) is 5.76 Å². The predicted octanol–water partition coefficient (Wildman–Crippen LogP) is 0.554. The molecular formula is C26H31ClN4O8. The van der Waals surface area contributed by atoms with Crippen LogP contribution < -0.4 is 16.4 Å². The SMILES string of the molecule is CC(C)NCC(=O)Nc1c(Cl)cc2c(c1O)C(O)=C1C(=O)C3(O)C(O)=C(C(N)=O)C(=O)[C@@H](N(C)C)C3CC1C2. The van der Waals surface area contributed by atoms with Gasteiger partial charge in [0.05, 0.1) is 23.2 Å². The van der Waals surface area contributed by atoms with Crippen LogP contribution in [0.5, 0.6) is 5.75 Å². The summed E-state index contributed by atoms with van der Waals surface area (Å²) >= 11 is 6.37. The Balaban J connectivity index is 1.85. The molecule has 0 saturated heterocycles. The first-order valence-electron chi connectivity index (χ1n) is 12.3. The molecule has 1 fully saturated rings. The largest absolute Gasteiger partial charge is 0.508 e. The third kappa shape index (κ3) is 4.37. The van der Waals surface area contributed by atoms with Gasteiger partial charge in [-0.3, -0.25) is 24.1 Å². The maximum absolute atomic E-state index is 13.8. The van der Waals surface area contributed by atoms with E-state index in [0.29, 0.717) is 5.56 Å². The fourth-order valence-corrected chi connectivity index (χ4v) is 6.13. The standard InChI is InChI=1S/C26H31ClN4O8/c1-9(2)29-8-14(32)30-18-13(27)7-11-5-10-6-12-19(31(3)4)22(35)17(25(28)38)24(37)26(12,39)23(36)16(10)20(33)15(11)21(18)34/h7,9-10,12,19,29,33-34,37,39H,5-6,8H2,1-4H3,(H2,28,38)(H,30,32)/t10?,12?,19-,26?/m0/s1. The molecule has 3 unspecified atom stereocenters. The Hall–Kier alpha value is -3.45. The highest BCUT2D eigenvalue weighted by Gasteiger charge is 2.64. The van der Waals surface area contributed by atoms with Crippen molar-refractivity contribution in [3.63, 3.8) is 0 Å². The molecule has 0 aliphatic heterocycles. The number of carbonyl (C=O) groups excluding carboxylic acids is 4. The number of benzene rings is 1. The maximum Gasteiger partial charge on any atom is 0.255 e. The second kappa shape index (κ2) is 9.94. The fraction of sp³-hybridized carbons (Fsp3) is 0.462. The van der Waals surface area contributed by atoms with Crippen LogP contribution in [0.3, 0.4) is 0 Å². The quantitative estimate of drug-likeness (QED) is 0.189. The number of aliphatic hydroxyl groups is 3. The van der Waals surface area contributed by atoms with E-state index in [1.165, 1.54) is 25.1 Å². The van der Waals surface area contributed by atoms with Gasteiger partial charge in [-0.2, -0.15) is 0 Å². The third-order valence-electron chi connectivity index (χ3n) is 7.60. The summed E-state index contributed by atoms with van der Waals surface area (Å²) in [5.41, 5.74) is 1.45. The zero-order chi connectivity index (χ0) is 29.1. The van der Waals surface area contributed by atoms with Crippen LogP contribution in [0.15, 0.2) is 23.0 Å². The van der Waals surface area contributed by atoms with Gasteiger partial charge >= 0.3 is 0 Å². The summed E-state index contributed by atoms with van der Waals surface area (Å²) in [4.78, 5) is 52.8. The van der Waals surface area contributed by atoms with Crippen molar-refractivity contribution in [3.8, 4) is 5.75 Å². The molecule has 2 amide bonds. The molecule has 39 heavy (non-hydrogen) atoms. The van der Waals surface area contributed by atoms with Crippen molar-refractivity contribution in [2.75, 3.05) is 26.0 Å². The number of halogens is 1. The summed E-state index contributed by atoms with van der Waals surface area (Å²) in [7, 11) is 3.05. The number of carbonyl (C=O) groups is 4. The lowest BCUT2D eigenvalue weighted by atomic mass is 9.57. The highest BCUT2D eigenvalue weighted by atomic mass is 35.5. The second-order valence-electron chi connectivity index (χ2n) is 10.7. The first-order chi connectivity index (χ1) is 18.1. The number of Topliss-reactive ketones (excluding diaryl/α,β-unsaturated/α-hetero) is 2. The number of aromatic hydroxyl groups is 1. The summed E-state index contributed by atoms with van der Waals surface area (Å²) < 4.78 is 0. The van der Waals surface area contributed by atoms with Crippen molar-refractivity contribution in [2.24, 2.45) is 17.6 Å². The average molecular weight is 563 g/mol. The van der Waals surface area contributed by atoms with Gasteiger partial charge in [-0.05, 0) is 44.5 Å². The number of hydrogen-bond donors (Lipinski definition) is 7. The number of phenolic OH excluding ortho intramolecular Hbond substituents is 1. The number of amides is 2. The van der Waals surface area contributed by atoms with Gasteiger partial charge in [-0.25, -0.2) is 0 Å². The summed E-state index contributed by atoms with van der Waals surface area (Å²) in [5, 5.41) is 50.3. The zero-order valence-corrected chi connectivity index (χ0v) is 22.6. The predicted molar refractivity (Wildman–Crippen MR) is 141 cm³/mol. The molecule has 4 atom stereocenters. The molecule has 210 valence electrons. The van der Waals surface area contributed by atoms with Gasteiger partial charge in [-0.1, -0.05) is 25.4 Å². The molecule has 0 aromatic heterocycles. The maximum atomic E-state index is 13.8. The molecule has 4 rings (SSSR count). The lowest BCUT2D eigenvalue weighted by Crippen LogP contribution is -2.65. The molecule has 12 nitrogen and oxygen atoms in total. The molecule has 1 aromatic carbocycles. The first-order valence-corrected chi connectivity index (χ1v) is 12.7. The van der Waals surface area contributed by atoms with E-state index >= 15 is 0 Å². The number of primary amides is 1. The fourth-order valence-electron chi connectivity index (χ4n) is 5.86. The Labute approximate surface area is 229 Å². The van der Waals surface area contributed by atoms with Crippen LogP contribution in [-0.2, 0) is 25.6 Å². The van der Waals surface area contributed by atoms with Crippen molar-refractivity contribution in [3.05, 3.63) is 39.1 Å². The minimum atomic E-state index is -2.73. The molecule has 13 heteroatoms. The van der Waals surface area contributed by atoms with E-state index in [1.807, 2.05) is 13.8 Å². The molecule has 0 spiro atoms. The minimum Gasteiger partial charge on any atom is -0.508 e. The van der Waals surface area contributed by atoms with Crippen LogP contribution in [0.4, 0.5) is 5.69 Å². The molecule has 0 bridgehead atoms. The van der Waals surface area contributed by atoms with Crippen molar-refractivity contribution >= 4 is 46.4 Å². The molecule has 3 aliphatic rings. The molecule has 0 heterocycles. The number of nitrogens with zero attached hydrogens (tertiary/aromatic N) is 1. The van der Waals surface area contributed by atoms with Crippen molar-refractivity contribution in [2.45, 2.75) is 44.4 Å². The first kappa shape index (κ1) is 28.6. The van der Waals surface area contributed by atoms with Gasteiger partial charge in [0.25, 0.3) is 5.91 Å². The van der Waals surface area contributed by atoms with E-state index in [4.69, 9.17) is 17.3 Å². The summed E-state index contributed by atoms with van der Waals surface area (Å²) in [6.45, 7) is 3.62. The topological polar surface area (TPSA) is 203 Å². The van der Waals surface area contributed by atoms with Gasteiger partial charge < -0.3 is 36.8 Å². The summed E-state index contributed by atoms with van der Waals surface area (Å²) in [6, 6.07) is 0.304. The highest BCUT2D eigenvalue weighted by molar-refractivity contribution is 6.34. The van der Waals surface area contributed by atoms with Gasteiger partial charge in [0.1, 0.15) is 22.8 Å². The van der Waals surface area contributed by atoms with Gasteiger partial charge in [-0.15, -0.1) is 0 Å². The molecule has 0 radical (unpaired) electrons. The van der Waals surface area contributed by atoms with Crippen LogP contribution in [0.1, 0.15) is 31.4 Å². The van der Waals surface area contributed by atoms with Crippen LogP contribution >= 0.6 is 11.6 Å². The number of phenols is 1. The normalized spacial score (nSPS) is 26.5. The van der Waals surface area contributed by atoms with E-state index in [1.54, 1.807) is 0 Å². The van der Waals surface area contributed by atoms with Crippen molar-refractivity contribution < 1.29 is 39.6 Å². The van der Waals surface area contributed by atoms with Gasteiger partial charge in [0.2, 0.25) is 11.7 Å². The Bertz CT molecular complexity index is 1370. The number of anilines is 1. The Kier molecular flexibility index (Phi) is 7.28. The third-order valence-corrected chi connectivity index (χ3v) is 7.90. The minimum absolute atomic E-state index is 0.00438. The molecule has 1 aromatic rings. The lowest BCUT2D eigenvalue weighted by molar-refractivity contribution is -0.153. The van der Waals surface area contributed by atoms with Gasteiger partial charge in [0, 0.05) is 17.5 Å². The molecule has 3 aliphatic carbocycles. The smallest absolute Gasteiger partial charge is 0.255 e. The van der Waals surface area contributed by atoms with E-state index in [-0.39, 0.29) is 47.3 Å². The van der Waals surface area contributed by atoms with Crippen LogP contribution in [-0.4, -0.2) is 87.0 Å². The van der Waals surface area contributed by atoms with E-state index in [2.05, 4.69) is 10.6 Å². The number of nitrogens with one attached hydrogen (secondary N) is 2. The lowest BCUT2D eigenvalue weighted by Gasteiger charge is -2.50. The Morgan fingerprint density at radius 3 is 2.44 bits per heavy atom. The van der Waals surface area contributed by atoms with Crippen molar-refractivity contribution in [1.29, 1.82) is 0 Å². The average Bonchev–Trinajstić information content (AvgIpc) is 2.82. The van der Waals surface area contributed by atoms with E-state index in [0.717, 1.165) is 0 Å². The number of hydrogen-bond acceptors (Lipinski definition) is 10. The molecule has 1 saturated carbocycles. The number of likely N-dealkylation sites (N-methyl/N-ethyl adjacent to an activating group) is 1. The van der Waals surface area contributed by atoms with Crippen LogP contribution in [0.2, 0.25) is 5.02 Å². The molecular weight excluding hydrogens is 532 g/mol. The Morgan fingerprint density at radius 2 is 1.87 bits per heavy atom. The number of rotatable bonds is 6. The number of nitrogens with two attached hydrogens (primary N) is 1. The van der Waals surface area contributed by atoms with E-state index < -0.39 is 69.7 Å². The number of ketones is 2. The van der Waals surface area contributed by atoms with Crippen molar-refractivity contribution in [1.82, 2.24) is 10.2 Å². The monoisotopic (exact) mass is 562 g/mol. The zero-order valence-electron chi connectivity index (χ0n) is 21.8. The number of aliphatic hydroxyl groups excluding tert-OH is 2. The highest BCUT2D eigenvalue weighted by Crippen LogP contribution is 2.54. The summed E-state index contributed by atoms with van der Waals surface area (Å²) in [5.74, 6) is -8.07. The van der Waals surface area contributed by atoms with Gasteiger partial charge in [0.15, 0.2) is 17.1 Å². The van der Waals surface area contributed by atoms with Crippen LogP contribution in [0, 0.1) is 11.8 Å². The summed E-state index contributed by atoms with van der Waals surface area (Å²) in [6.07, 6.45) is 0.0501. The Morgan fingerprint density at radius 1 is 1.23 bits per heavy atom. The van der Waals surface area contributed by atoms with E-state index in [9.17, 15) is 39.6 Å². The molecule has 8 N–H and O–H groups in total. The second-order valence-corrected chi connectivity index (χ2v) is 11.1. The number of fused-ring (bicyclic) bond motifs is 3.